The van der Waals surface area contributed by atoms with E-state index in [4.69, 9.17) is 45.5 Å². The number of urea groups is 1. The molecular formula is C24H41N10O15P3S2. The molecule has 3 rings (SSSR count). The maximum atomic E-state index is 12.9. The van der Waals surface area contributed by atoms with Crippen LogP contribution in [0.15, 0.2) is 16.1 Å². The van der Waals surface area contributed by atoms with Gasteiger partial charge in [0, 0.05) is 25.4 Å². The van der Waals surface area contributed by atoms with Crippen molar-refractivity contribution in [1.82, 2.24) is 25.2 Å². The number of amides is 2. The fourth-order valence-electron chi connectivity index (χ4n) is 4.63. The average Bonchev–Trinajstić information content (AvgIpc) is 3.64. The Morgan fingerprint density at radius 3 is 2.76 bits per heavy atom. The molecule has 12 N–H and O–H groups in total. The first-order valence-corrected chi connectivity index (χ1v) is 22.9. The van der Waals surface area contributed by atoms with E-state index in [-0.39, 0.29) is 35.5 Å². The van der Waals surface area contributed by atoms with Gasteiger partial charge in [0.1, 0.15) is 5.94 Å². The number of azide groups is 1. The van der Waals surface area contributed by atoms with E-state index < -0.39 is 67.2 Å². The Balaban J connectivity index is 1.64. The molecule has 1 saturated heterocycles. The predicted octanol–water partition coefficient (Wildman–Crippen LogP) is 1.02. The number of phosphoric acid groups is 2. The number of nitrogens with zero attached hydrogens (tertiary/aromatic N) is 5. The number of anilines is 1. The van der Waals surface area contributed by atoms with Crippen molar-refractivity contribution in [3.05, 3.63) is 32.6 Å². The van der Waals surface area contributed by atoms with Crippen molar-refractivity contribution in [3.63, 3.8) is 0 Å². The number of aromatic amines is 1. The number of carbonyl (C=O) groups excluding carboxylic acids is 1. The Bertz CT molecular complexity index is 1820. The van der Waals surface area contributed by atoms with Crippen molar-refractivity contribution in [2.45, 2.75) is 44.1 Å². The molecule has 3 heterocycles. The average molecular weight is 867 g/mol. The van der Waals surface area contributed by atoms with E-state index in [1.54, 1.807) is 21.6 Å². The summed E-state index contributed by atoms with van der Waals surface area (Å²) in [6.45, 7) is 0.278. The third-order valence-electron chi connectivity index (χ3n) is 6.71. The van der Waals surface area contributed by atoms with Crippen molar-refractivity contribution in [2.24, 2.45) is 10.8 Å². The van der Waals surface area contributed by atoms with Gasteiger partial charge in [-0.25, -0.2) is 4.79 Å². The van der Waals surface area contributed by atoms with Crippen molar-refractivity contribution >= 4 is 68.4 Å². The van der Waals surface area contributed by atoms with Crippen LogP contribution < -0.4 is 27.7 Å². The molecule has 2 aromatic rings. The third-order valence-corrected chi connectivity index (χ3v) is 12.9. The zero-order valence-electron chi connectivity index (χ0n) is 28.2. The second-order valence-corrected chi connectivity index (χ2v) is 18.0. The molecule has 0 spiro atoms. The van der Waals surface area contributed by atoms with Gasteiger partial charge in [0.2, 0.25) is 0 Å². The standard InChI is InChI=1S/C24H41N10O15P3S2/c25-6-10-53-54-15-44-9-3-1-2-7-28-24(36)29-8-4-5-16-12-34(21-20(16)22(35)32-23(26)31-21)19-11-17(45-14-30-33-27)18(47-19)13-46-51(40,41)49-52(42,43)48-50(37,38)39/h12,17-19,40-41,51H,1-3,6-11,13-15,25H2,(H,42,43)(H2,28,29,36)(H2,37,38,39)(H3,26,31,32,35)/t17?,18-,19?/m1/s1. The van der Waals surface area contributed by atoms with E-state index >= 15 is 0 Å². The summed E-state index contributed by atoms with van der Waals surface area (Å²) in [6, 6.07) is -0.442. The molecule has 1 fully saturated rings. The van der Waals surface area contributed by atoms with Crippen LogP contribution in [0.5, 0.6) is 0 Å². The second-order valence-electron chi connectivity index (χ2n) is 10.7. The summed E-state index contributed by atoms with van der Waals surface area (Å²) in [7, 11) is -13.7. The first kappa shape index (κ1) is 45.9. The molecule has 0 radical (unpaired) electrons. The molecule has 1 aliphatic rings. The number of unbranched alkanes of at least 4 members (excludes halogenated alkanes) is 2. The number of carbonyl (C=O) groups is 1. The third kappa shape index (κ3) is 16.3. The molecule has 54 heavy (non-hydrogen) atoms. The number of rotatable bonds is 23. The zero-order valence-corrected chi connectivity index (χ0v) is 32.6. The molecule has 2 amide bonds. The van der Waals surface area contributed by atoms with E-state index in [0.29, 0.717) is 25.6 Å². The van der Waals surface area contributed by atoms with Crippen LogP contribution in [0.1, 0.15) is 37.5 Å². The van der Waals surface area contributed by atoms with Crippen LogP contribution in [0.2, 0.25) is 0 Å². The number of nitrogens with one attached hydrogen (secondary N) is 3. The summed E-state index contributed by atoms with van der Waals surface area (Å²) < 4.78 is 53.5. The van der Waals surface area contributed by atoms with Crippen LogP contribution in [0.3, 0.4) is 0 Å². The molecule has 0 aliphatic carbocycles. The van der Waals surface area contributed by atoms with Gasteiger partial charge in [-0.05, 0) is 19.3 Å². The number of hydrogen-bond acceptors (Lipinski definition) is 18. The molecule has 0 saturated carbocycles. The summed E-state index contributed by atoms with van der Waals surface area (Å²) in [4.78, 5) is 81.4. The summed E-state index contributed by atoms with van der Waals surface area (Å²) >= 11 is 0. The van der Waals surface area contributed by atoms with Gasteiger partial charge in [-0.3, -0.25) is 0 Å². The minimum atomic E-state index is -5.72. The molecular weight excluding hydrogens is 825 g/mol. The van der Waals surface area contributed by atoms with Crippen LogP contribution >= 0.6 is 45.4 Å². The van der Waals surface area contributed by atoms with Crippen LogP contribution in [0.4, 0.5) is 10.7 Å². The minimum absolute atomic E-state index is 0.0159. The summed E-state index contributed by atoms with van der Waals surface area (Å²) in [5.41, 5.74) is 19.4. The quantitative estimate of drug-likeness (QED) is 0.0109. The second kappa shape index (κ2) is 22.3. The van der Waals surface area contributed by atoms with Gasteiger partial charge < -0.3 is 15.8 Å². The fourth-order valence-corrected chi connectivity index (χ4v) is 9.45. The Hall–Kier alpha value is -2.53. The van der Waals surface area contributed by atoms with Gasteiger partial charge >= 0.3 is 223 Å². The predicted molar refractivity (Wildman–Crippen MR) is 197 cm³/mol. The molecule has 4 atom stereocenters. The number of fused-ring (bicyclic) bond motifs is 1. The SMILES string of the molecule is [N-]=[N+]=NCOC1CC(n2cc(C#CCNC(=O)NCCCCCOCSSCCN)c3c(=O)[nH]c(N)nc32)O[C@@H]1CO[PH](O)(O)OP(=O)(O)OP(=O)(O)O. The normalized spacial score (nSPS) is 18.7. The van der Waals surface area contributed by atoms with Gasteiger partial charge in [0.15, 0.2) is 0 Å². The molecule has 3 unspecified atom stereocenters. The molecule has 25 nitrogen and oxygen atoms in total. The van der Waals surface area contributed by atoms with Crippen LogP contribution in [-0.2, 0) is 36.5 Å². The number of ether oxygens (including phenoxy) is 3. The van der Waals surface area contributed by atoms with Gasteiger partial charge in [0.25, 0.3) is 0 Å². The van der Waals surface area contributed by atoms with Crippen molar-refractivity contribution in [1.29, 1.82) is 0 Å². The summed E-state index contributed by atoms with van der Waals surface area (Å²) in [5, 5.41) is 8.63. The Labute approximate surface area is 315 Å². The van der Waals surface area contributed by atoms with Crippen molar-refractivity contribution in [3.8, 4) is 11.8 Å². The van der Waals surface area contributed by atoms with E-state index in [0.717, 1.165) is 25.0 Å². The van der Waals surface area contributed by atoms with Crippen molar-refractivity contribution in [2.75, 3.05) is 57.0 Å². The van der Waals surface area contributed by atoms with Gasteiger partial charge in [-0.1, -0.05) is 21.6 Å². The van der Waals surface area contributed by atoms with Crippen LogP contribution in [0.25, 0.3) is 21.5 Å². The Morgan fingerprint density at radius 1 is 1.26 bits per heavy atom. The first-order chi connectivity index (χ1) is 25.5. The van der Waals surface area contributed by atoms with Gasteiger partial charge in [-0.2, -0.15) is 0 Å². The van der Waals surface area contributed by atoms with E-state index in [1.165, 1.54) is 10.8 Å². The van der Waals surface area contributed by atoms with Gasteiger partial charge in [0.05, 0.1) is 0 Å². The number of nitrogens with two attached hydrogens (primary N) is 2. The maximum absolute atomic E-state index is 12.9. The number of hydrogen-bond donors (Lipinski definition) is 10. The van der Waals surface area contributed by atoms with Gasteiger partial charge in [-0.15, -0.1) is 0 Å². The molecule has 30 heteroatoms. The topological polar surface area (TPSA) is 383 Å². The summed E-state index contributed by atoms with van der Waals surface area (Å²) in [6.07, 6.45) is 0.527. The molecule has 0 bridgehead atoms. The first-order valence-electron chi connectivity index (χ1n) is 15.6. The summed E-state index contributed by atoms with van der Waals surface area (Å²) in [5.74, 6) is 6.78. The monoisotopic (exact) mass is 866 g/mol. The Kier molecular flexibility index (Phi) is 18.9. The molecule has 0 aromatic carbocycles. The van der Waals surface area contributed by atoms with E-state index in [9.17, 15) is 33.4 Å². The van der Waals surface area contributed by atoms with Crippen molar-refractivity contribution < 1.29 is 65.7 Å². The van der Waals surface area contributed by atoms with E-state index in [1.807, 2.05) is 0 Å². The number of aromatic nitrogens is 3. The fraction of sp³-hybridized carbons (Fsp3) is 0.625. The Morgan fingerprint density at radius 2 is 2.04 bits per heavy atom. The van der Waals surface area contributed by atoms with E-state index in [2.05, 4.69) is 51.1 Å². The zero-order chi connectivity index (χ0) is 39.8. The molecule has 1 aliphatic heterocycles. The number of nitrogen functional groups attached to an aromatic ring is 1. The van der Waals surface area contributed by atoms with Crippen LogP contribution in [-0.4, -0.2) is 109 Å². The molecule has 304 valence electrons. The van der Waals surface area contributed by atoms with Crippen LogP contribution in [0, 0.1) is 11.8 Å². The molecule has 2 aromatic heterocycles. The number of H-pyrrole nitrogens is 1.